The maximum Gasteiger partial charge on any atom is 0.331 e. The van der Waals surface area contributed by atoms with Crippen LogP contribution < -0.4 is 10.3 Å². The van der Waals surface area contributed by atoms with E-state index in [-0.39, 0.29) is 16.9 Å². The van der Waals surface area contributed by atoms with Gasteiger partial charge in [-0.2, -0.15) is 0 Å². The molecule has 0 spiro atoms. The second-order valence-corrected chi connectivity index (χ2v) is 7.90. The number of hydrogen-bond donors (Lipinski definition) is 1. The number of halogens is 1. The van der Waals surface area contributed by atoms with E-state index in [0.717, 1.165) is 17.7 Å². The summed E-state index contributed by atoms with van der Waals surface area (Å²) in [5.74, 6) is -1.16. The van der Waals surface area contributed by atoms with Crippen molar-refractivity contribution in [2.24, 2.45) is 16.3 Å². The molecule has 2 unspecified atom stereocenters. The fourth-order valence-electron chi connectivity index (χ4n) is 3.53. The van der Waals surface area contributed by atoms with Crippen LogP contribution in [0.4, 0.5) is 10.1 Å². The number of carbonyl (C=O) groups is 1. The number of nitrogens with zero attached hydrogens (tertiary/aromatic N) is 2. The number of carbonyl (C=O) groups excluding carboxylic acids is 1. The van der Waals surface area contributed by atoms with E-state index in [0.29, 0.717) is 5.71 Å². The van der Waals surface area contributed by atoms with Crippen LogP contribution in [0.5, 0.6) is 0 Å². The highest BCUT2D eigenvalue weighted by atomic mass is 19.1. The zero-order valence-corrected chi connectivity index (χ0v) is 15.4. The summed E-state index contributed by atoms with van der Waals surface area (Å²) in [7, 11) is 1.65. The highest BCUT2D eigenvalue weighted by Gasteiger charge is 2.45. The van der Waals surface area contributed by atoms with Crippen LogP contribution in [-0.2, 0) is 4.79 Å². The van der Waals surface area contributed by atoms with Crippen molar-refractivity contribution >= 4 is 17.3 Å². The molecule has 1 aromatic rings. The van der Waals surface area contributed by atoms with Crippen molar-refractivity contribution in [1.29, 1.82) is 0 Å². The van der Waals surface area contributed by atoms with Crippen molar-refractivity contribution < 1.29 is 9.18 Å². The number of quaternary nitrogens is 1. The first kappa shape index (κ1) is 18.3. The van der Waals surface area contributed by atoms with Crippen molar-refractivity contribution in [1.82, 2.24) is 4.59 Å². The lowest BCUT2D eigenvalue weighted by molar-refractivity contribution is -0.114. The third-order valence-corrected chi connectivity index (χ3v) is 4.40. The molecular formula is C19H27FN3O+. The number of amides is 1. The molecule has 1 aromatic carbocycles. The Balaban J connectivity index is 2.57. The first-order chi connectivity index (χ1) is 11.0. The number of rotatable bonds is 4. The van der Waals surface area contributed by atoms with Crippen molar-refractivity contribution in [3.05, 3.63) is 41.4 Å². The van der Waals surface area contributed by atoms with Gasteiger partial charge in [0.25, 0.3) is 5.91 Å². The minimum atomic E-state index is -0.782. The summed E-state index contributed by atoms with van der Waals surface area (Å²) in [5.41, 5.74) is 7.48. The summed E-state index contributed by atoms with van der Waals surface area (Å²) in [6.45, 7) is 10.3. The summed E-state index contributed by atoms with van der Waals surface area (Å²) < 4.78 is 14.6. The molecule has 1 aliphatic heterocycles. The summed E-state index contributed by atoms with van der Waals surface area (Å²) in [6, 6.07) is 7.70. The zero-order chi connectivity index (χ0) is 18.3. The highest BCUT2D eigenvalue weighted by molar-refractivity contribution is 6.22. The third kappa shape index (κ3) is 3.26. The van der Waals surface area contributed by atoms with Crippen molar-refractivity contribution in [3.8, 4) is 0 Å². The van der Waals surface area contributed by atoms with Gasteiger partial charge in [0.05, 0.1) is 0 Å². The minimum Gasteiger partial charge on any atom is -0.365 e. The molecule has 0 aromatic heterocycles. The Bertz CT molecular complexity index is 730. The first-order valence-corrected chi connectivity index (χ1v) is 8.20. The van der Waals surface area contributed by atoms with Crippen molar-refractivity contribution in [2.75, 3.05) is 7.05 Å². The van der Waals surface area contributed by atoms with E-state index in [1.165, 1.54) is 0 Å². The van der Waals surface area contributed by atoms with Gasteiger partial charge in [0.1, 0.15) is 12.8 Å². The van der Waals surface area contributed by atoms with Crippen LogP contribution in [0.1, 0.15) is 52.5 Å². The number of hydrogen-bond acceptors (Lipinski definition) is 2. The number of primary amides is 1. The Morgan fingerprint density at radius 3 is 2.42 bits per heavy atom. The van der Waals surface area contributed by atoms with Crippen LogP contribution in [0.3, 0.4) is 0 Å². The molecule has 2 N–H and O–H groups in total. The summed E-state index contributed by atoms with van der Waals surface area (Å²) in [4.78, 5) is 11.6. The summed E-state index contributed by atoms with van der Waals surface area (Å²) in [6.07, 6.45) is 0.959. The Kier molecular flexibility index (Phi) is 4.68. The average Bonchev–Trinajstić information content (AvgIpc) is 2.68. The Labute approximate surface area is 143 Å². The van der Waals surface area contributed by atoms with Gasteiger partial charge in [-0.25, -0.2) is 0 Å². The zero-order valence-electron chi connectivity index (χ0n) is 15.4. The van der Waals surface area contributed by atoms with Gasteiger partial charge in [0.2, 0.25) is 0 Å². The molecule has 4 nitrogen and oxygen atoms in total. The lowest BCUT2D eigenvalue weighted by Gasteiger charge is -2.28. The molecule has 0 radical (unpaired) electrons. The quantitative estimate of drug-likeness (QED) is 0.651. The van der Waals surface area contributed by atoms with Gasteiger partial charge in [0.15, 0.2) is 11.3 Å². The molecule has 1 aliphatic rings. The number of benzene rings is 1. The third-order valence-electron chi connectivity index (χ3n) is 4.40. The summed E-state index contributed by atoms with van der Waals surface area (Å²) in [5, 5.41) is 4.42. The van der Waals surface area contributed by atoms with E-state index < -0.39 is 16.5 Å². The van der Waals surface area contributed by atoms with Gasteiger partial charge in [0, 0.05) is 11.6 Å². The van der Waals surface area contributed by atoms with Crippen LogP contribution in [0.15, 0.2) is 40.9 Å². The maximum atomic E-state index is 15.0. The van der Waals surface area contributed by atoms with Gasteiger partial charge in [-0.1, -0.05) is 51.0 Å². The van der Waals surface area contributed by atoms with E-state index in [9.17, 15) is 4.79 Å². The highest BCUT2D eigenvalue weighted by Crippen LogP contribution is 2.42. The van der Waals surface area contributed by atoms with Crippen LogP contribution in [-0.4, -0.2) is 18.7 Å². The molecule has 24 heavy (non-hydrogen) atoms. The van der Waals surface area contributed by atoms with E-state index in [4.69, 9.17) is 5.73 Å². The minimum absolute atomic E-state index is 0.115. The molecule has 2 rings (SSSR count). The van der Waals surface area contributed by atoms with Crippen molar-refractivity contribution in [2.45, 2.75) is 47.0 Å². The molecule has 1 amide bonds. The largest absolute Gasteiger partial charge is 0.365 e. The summed E-state index contributed by atoms with van der Waals surface area (Å²) >= 11 is 0. The van der Waals surface area contributed by atoms with Crippen LogP contribution >= 0.6 is 0 Å². The molecule has 0 saturated heterocycles. The van der Waals surface area contributed by atoms with Gasteiger partial charge < -0.3 is 5.73 Å². The van der Waals surface area contributed by atoms with E-state index >= 15 is 4.39 Å². The van der Waals surface area contributed by atoms with E-state index in [2.05, 4.69) is 32.8 Å². The van der Waals surface area contributed by atoms with Crippen LogP contribution in [0, 0.1) is 5.41 Å². The predicted octanol–water partition coefficient (Wildman–Crippen LogP) is 4.22. The van der Waals surface area contributed by atoms with Gasteiger partial charge in [-0.3, -0.25) is 4.79 Å². The van der Waals surface area contributed by atoms with Gasteiger partial charge >= 0.3 is 5.95 Å². The van der Waals surface area contributed by atoms with Crippen LogP contribution in [0.25, 0.3) is 0 Å². The monoisotopic (exact) mass is 332 g/mol. The van der Waals surface area contributed by atoms with Gasteiger partial charge in [-0.15, -0.1) is 8.98 Å². The molecule has 5 heteroatoms. The first-order valence-electron chi connectivity index (χ1n) is 8.20. The molecule has 1 heterocycles. The Morgan fingerprint density at radius 2 is 1.92 bits per heavy atom. The van der Waals surface area contributed by atoms with Crippen molar-refractivity contribution in [3.63, 3.8) is 0 Å². The average molecular weight is 332 g/mol. The molecule has 0 aliphatic carbocycles. The topological polar surface area (TPSA) is 55.4 Å². The molecule has 130 valence electrons. The second kappa shape index (κ2) is 6.13. The fourth-order valence-corrected chi connectivity index (χ4v) is 3.53. The molecule has 2 atom stereocenters. The fraction of sp³-hybridized carbons (Fsp3) is 0.474. The molecule has 0 bridgehead atoms. The van der Waals surface area contributed by atoms with Gasteiger partial charge in [-0.05, 0) is 24.7 Å². The number of para-hydroxylation sites is 1. The second-order valence-electron chi connectivity index (χ2n) is 7.90. The normalized spacial score (nSPS) is 22.5. The molecular weight excluding hydrogens is 305 g/mol. The van der Waals surface area contributed by atoms with E-state index in [1.807, 2.05) is 24.3 Å². The Hall–Kier alpha value is -2.01. The predicted molar refractivity (Wildman–Crippen MR) is 97.1 cm³/mol. The smallest absolute Gasteiger partial charge is 0.331 e. The standard InChI is InChI=1S/C19H26FN3O/c1-12(11-19(3,4)5)14-9-7-8-10-15(14)23(6)17(20)16(18(21)24)13(2)22-23/h7-10,12H,11H2,1-6H3,(H-,21,24)/p+1. The lowest BCUT2D eigenvalue weighted by atomic mass is 9.82. The molecule has 0 saturated carbocycles. The van der Waals surface area contributed by atoms with E-state index in [1.54, 1.807) is 14.0 Å². The SMILES string of the molecule is CC1=N[N+](C)(c2ccccc2C(C)CC(C)(C)C)C(F)=C1C(N)=O. The Morgan fingerprint density at radius 1 is 1.33 bits per heavy atom. The lowest BCUT2D eigenvalue weighted by Crippen LogP contribution is -2.36. The molecule has 0 fully saturated rings. The number of nitrogens with two attached hydrogens (primary N) is 1. The van der Waals surface area contributed by atoms with Crippen LogP contribution in [0.2, 0.25) is 0 Å². The maximum absolute atomic E-state index is 15.0.